The zero-order valence-electron chi connectivity index (χ0n) is 16.4. The number of morpholine rings is 1. The largest absolute Gasteiger partial charge is 0.379 e. The minimum absolute atomic E-state index is 0.284. The average molecular weight is 454 g/mol. The number of nitrogens with zero attached hydrogens (tertiary/aromatic N) is 5. The van der Waals surface area contributed by atoms with Gasteiger partial charge in [0.15, 0.2) is 4.34 Å². The maximum Gasteiger partial charge on any atom is 0.243 e. The summed E-state index contributed by atoms with van der Waals surface area (Å²) >= 11 is 3.17. The second-order valence-electron chi connectivity index (χ2n) is 6.72. The van der Waals surface area contributed by atoms with Crippen LogP contribution in [-0.2, 0) is 27.1 Å². The quantitative estimate of drug-likeness (QED) is 0.508. The predicted octanol–water partition coefficient (Wildman–Crippen LogP) is 2.92. The fraction of sp³-hybridized carbons (Fsp3) is 0.500. The number of imidazole rings is 1. The van der Waals surface area contributed by atoms with Crippen molar-refractivity contribution in [2.24, 2.45) is 0 Å². The van der Waals surface area contributed by atoms with Gasteiger partial charge in [-0.25, -0.2) is 13.4 Å². The molecule has 0 N–H and O–H groups in total. The van der Waals surface area contributed by atoms with Crippen molar-refractivity contribution >= 4 is 44.2 Å². The molecule has 0 amide bonds. The van der Waals surface area contributed by atoms with Gasteiger partial charge in [0.05, 0.1) is 34.9 Å². The highest BCUT2D eigenvalue weighted by molar-refractivity contribution is 8.00. The monoisotopic (exact) mass is 453 g/mol. The molecule has 3 heterocycles. The van der Waals surface area contributed by atoms with Crippen molar-refractivity contribution in [2.45, 2.75) is 41.8 Å². The number of aromatic nitrogens is 4. The Hall–Kier alpha value is -1.53. The molecule has 8 nitrogen and oxygen atoms in total. The first-order valence-electron chi connectivity index (χ1n) is 9.49. The van der Waals surface area contributed by atoms with Crippen LogP contribution in [0.5, 0.6) is 0 Å². The fourth-order valence-corrected chi connectivity index (χ4v) is 6.49. The van der Waals surface area contributed by atoms with Crippen LogP contribution < -0.4 is 0 Å². The van der Waals surface area contributed by atoms with Gasteiger partial charge in [-0.05, 0) is 31.5 Å². The zero-order chi connectivity index (χ0) is 20.4. The summed E-state index contributed by atoms with van der Waals surface area (Å²) in [5.74, 6) is 1.58. The molecule has 1 aromatic carbocycles. The van der Waals surface area contributed by atoms with Crippen LogP contribution in [0.1, 0.15) is 24.2 Å². The van der Waals surface area contributed by atoms with Gasteiger partial charge < -0.3 is 9.30 Å². The number of hydrogen-bond acceptors (Lipinski definition) is 8. The van der Waals surface area contributed by atoms with Gasteiger partial charge in [0.25, 0.3) is 0 Å². The Kier molecular flexibility index (Phi) is 6.21. The Bertz CT molecular complexity index is 1100. The number of aryl methyl sites for hydroxylation is 2. The highest BCUT2D eigenvalue weighted by Crippen LogP contribution is 2.29. The number of ether oxygens (including phenoxy) is 1. The Labute approximate surface area is 178 Å². The van der Waals surface area contributed by atoms with Crippen LogP contribution in [0.15, 0.2) is 27.4 Å². The lowest BCUT2D eigenvalue weighted by molar-refractivity contribution is 0.0730. The highest BCUT2D eigenvalue weighted by atomic mass is 32.2. The van der Waals surface area contributed by atoms with Gasteiger partial charge in [0.2, 0.25) is 10.0 Å². The van der Waals surface area contributed by atoms with Gasteiger partial charge in [0, 0.05) is 19.6 Å². The van der Waals surface area contributed by atoms with Crippen LogP contribution in [0.2, 0.25) is 0 Å². The van der Waals surface area contributed by atoms with E-state index in [4.69, 9.17) is 9.72 Å². The van der Waals surface area contributed by atoms with Crippen LogP contribution in [0.3, 0.4) is 0 Å². The van der Waals surface area contributed by atoms with E-state index in [1.807, 2.05) is 13.0 Å². The second-order valence-corrected chi connectivity index (χ2v) is 11.1. The van der Waals surface area contributed by atoms with E-state index in [1.54, 1.807) is 35.2 Å². The molecule has 1 aliphatic heterocycles. The van der Waals surface area contributed by atoms with E-state index in [9.17, 15) is 8.42 Å². The maximum atomic E-state index is 13.0. The molecule has 1 aliphatic rings. The molecule has 0 aliphatic carbocycles. The summed E-state index contributed by atoms with van der Waals surface area (Å²) in [6, 6.07) is 5.25. The van der Waals surface area contributed by atoms with Gasteiger partial charge >= 0.3 is 0 Å². The Morgan fingerprint density at radius 2 is 2.03 bits per heavy atom. The summed E-state index contributed by atoms with van der Waals surface area (Å²) in [5, 5.41) is 9.15. The van der Waals surface area contributed by atoms with Crippen molar-refractivity contribution in [1.82, 2.24) is 24.1 Å². The smallest absolute Gasteiger partial charge is 0.243 e. The summed E-state index contributed by atoms with van der Waals surface area (Å²) in [7, 11) is -3.54. The number of fused-ring (bicyclic) bond motifs is 1. The number of sulfonamides is 1. The zero-order valence-corrected chi connectivity index (χ0v) is 18.8. The van der Waals surface area contributed by atoms with E-state index in [-0.39, 0.29) is 4.90 Å². The molecular weight excluding hydrogens is 430 g/mol. The Morgan fingerprint density at radius 1 is 1.24 bits per heavy atom. The number of thioether (sulfide) groups is 1. The van der Waals surface area contributed by atoms with Crippen molar-refractivity contribution < 1.29 is 13.2 Å². The Morgan fingerprint density at radius 3 is 2.72 bits per heavy atom. The van der Waals surface area contributed by atoms with Crippen LogP contribution in [0.25, 0.3) is 11.0 Å². The molecule has 4 rings (SSSR count). The SMILES string of the molecule is CCCn1c(CSc2nnc(C)s2)nc2cc(S(=O)(=O)N3CCOCC3)ccc21. The second kappa shape index (κ2) is 8.68. The lowest BCUT2D eigenvalue weighted by Crippen LogP contribution is -2.40. The van der Waals surface area contributed by atoms with Crippen LogP contribution >= 0.6 is 23.1 Å². The van der Waals surface area contributed by atoms with E-state index in [0.717, 1.165) is 33.7 Å². The minimum atomic E-state index is -3.54. The molecule has 0 atom stereocenters. The molecule has 1 saturated heterocycles. The van der Waals surface area contributed by atoms with E-state index in [1.165, 1.54) is 4.31 Å². The molecule has 0 spiro atoms. The molecule has 11 heteroatoms. The molecule has 0 saturated carbocycles. The predicted molar refractivity (Wildman–Crippen MR) is 114 cm³/mol. The fourth-order valence-electron chi connectivity index (χ4n) is 3.30. The van der Waals surface area contributed by atoms with E-state index in [2.05, 4.69) is 21.7 Å². The van der Waals surface area contributed by atoms with Gasteiger partial charge in [-0.2, -0.15) is 4.31 Å². The van der Waals surface area contributed by atoms with Gasteiger partial charge in [0.1, 0.15) is 10.8 Å². The van der Waals surface area contributed by atoms with Crippen molar-refractivity contribution in [3.05, 3.63) is 29.0 Å². The first-order chi connectivity index (χ1) is 14.0. The molecule has 156 valence electrons. The summed E-state index contributed by atoms with van der Waals surface area (Å²) in [4.78, 5) is 5.05. The third kappa shape index (κ3) is 4.33. The standard InChI is InChI=1S/C18H23N5O3S3/c1-3-6-23-16-5-4-14(29(24,25)22-7-9-26-10-8-22)11-15(16)19-17(23)12-27-18-21-20-13(2)28-18/h4-5,11H,3,6-10,12H2,1-2H3. The molecule has 0 radical (unpaired) electrons. The van der Waals surface area contributed by atoms with Crippen LogP contribution in [-0.4, -0.2) is 58.8 Å². The summed E-state index contributed by atoms with van der Waals surface area (Å²) in [6.07, 6.45) is 0.967. The van der Waals surface area contributed by atoms with Crippen LogP contribution in [0, 0.1) is 6.92 Å². The van der Waals surface area contributed by atoms with Gasteiger partial charge in [-0.3, -0.25) is 0 Å². The average Bonchev–Trinajstić information content (AvgIpc) is 3.30. The first kappa shape index (κ1) is 20.7. The van der Waals surface area contributed by atoms with Gasteiger partial charge in [-0.15, -0.1) is 10.2 Å². The maximum absolute atomic E-state index is 13.0. The molecular formula is C18H23N5O3S3. The lowest BCUT2D eigenvalue weighted by Gasteiger charge is -2.26. The van der Waals surface area contributed by atoms with Crippen LogP contribution in [0.4, 0.5) is 0 Å². The molecule has 29 heavy (non-hydrogen) atoms. The molecule has 3 aromatic rings. The van der Waals surface area contributed by atoms with Crippen molar-refractivity contribution in [1.29, 1.82) is 0 Å². The van der Waals surface area contributed by atoms with E-state index >= 15 is 0 Å². The Balaban J connectivity index is 1.65. The van der Waals surface area contributed by atoms with Crippen molar-refractivity contribution in [3.8, 4) is 0 Å². The third-order valence-corrected chi connectivity index (χ3v) is 8.55. The molecule has 0 bridgehead atoms. The summed E-state index contributed by atoms with van der Waals surface area (Å²) < 4.78 is 35.8. The third-order valence-electron chi connectivity index (χ3n) is 4.69. The highest BCUT2D eigenvalue weighted by Gasteiger charge is 2.27. The van der Waals surface area contributed by atoms with E-state index < -0.39 is 10.0 Å². The number of rotatable bonds is 7. The molecule has 1 fully saturated rings. The normalized spacial score (nSPS) is 15.9. The summed E-state index contributed by atoms with van der Waals surface area (Å²) in [6.45, 7) is 6.51. The van der Waals surface area contributed by atoms with Crippen molar-refractivity contribution in [2.75, 3.05) is 26.3 Å². The van der Waals surface area contributed by atoms with Gasteiger partial charge in [-0.1, -0.05) is 30.0 Å². The number of hydrogen-bond donors (Lipinski definition) is 0. The lowest BCUT2D eigenvalue weighted by atomic mass is 10.3. The minimum Gasteiger partial charge on any atom is -0.379 e. The first-order valence-corrected chi connectivity index (χ1v) is 12.7. The topological polar surface area (TPSA) is 90.2 Å². The van der Waals surface area contributed by atoms with Crippen molar-refractivity contribution in [3.63, 3.8) is 0 Å². The molecule has 0 unspecified atom stereocenters. The number of benzene rings is 1. The molecule has 2 aromatic heterocycles. The van der Waals surface area contributed by atoms with E-state index in [0.29, 0.717) is 37.6 Å². The summed E-state index contributed by atoms with van der Waals surface area (Å²) in [5.41, 5.74) is 1.66.